The third-order valence-corrected chi connectivity index (χ3v) is 1.37. The van der Waals surface area contributed by atoms with Gasteiger partial charge in [-0.2, -0.15) is 0 Å². The van der Waals surface area contributed by atoms with Crippen molar-refractivity contribution in [3.05, 3.63) is 24.0 Å². The van der Waals surface area contributed by atoms with Gasteiger partial charge in [-0.3, -0.25) is 0 Å². The van der Waals surface area contributed by atoms with Crippen LogP contribution in [0.4, 0.5) is 4.39 Å². The van der Waals surface area contributed by atoms with E-state index in [0.717, 1.165) is 4.24 Å². The van der Waals surface area contributed by atoms with Gasteiger partial charge >= 0.3 is 68.0 Å². The molecule has 0 atom stereocenters. The molecule has 0 unspecified atom stereocenters. The summed E-state index contributed by atoms with van der Waals surface area (Å²) in [4.78, 5) is 0. The van der Waals surface area contributed by atoms with E-state index in [0.29, 0.717) is 5.75 Å². The summed E-state index contributed by atoms with van der Waals surface area (Å²) in [6, 6.07) is 4.85. The zero-order valence-corrected chi connectivity index (χ0v) is 6.02. The zero-order valence-electron chi connectivity index (χ0n) is 6.02. The monoisotopic (exact) mass is 132 g/mol. The van der Waals surface area contributed by atoms with E-state index < -0.39 is 0 Å². The Bertz CT molecular complexity index is 217. The van der Waals surface area contributed by atoms with Crippen LogP contribution in [0, 0.1) is 5.82 Å². The van der Waals surface area contributed by atoms with Gasteiger partial charge in [0.2, 0.25) is 0 Å². The van der Waals surface area contributed by atoms with E-state index in [1.807, 2.05) is 23.8 Å². The second-order valence-electron chi connectivity index (χ2n) is 2.09. The summed E-state index contributed by atoms with van der Waals surface area (Å²) in [6.07, 6.45) is 0. The predicted molar refractivity (Wildman–Crippen MR) is 38.3 cm³/mol. The Labute approximate surface area is 68.4 Å². The first kappa shape index (κ1) is 7.65. The number of benzene rings is 1. The van der Waals surface area contributed by atoms with Crippen molar-refractivity contribution in [1.82, 2.24) is 0 Å². The Balaban J connectivity index is 3.17. The van der Waals surface area contributed by atoms with Crippen LogP contribution < -0.4 is 8.97 Å². The van der Waals surface area contributed by atoms with Crippen LogP contribution in [0.3, 0.4) is 0 Å². The zero-order chi connectivity index (χ0) is 7.56. The first-order valence-corrected chi connectivity index (χ1v) is 3.05. The minimum absolute atomic E-state index is 0.303. The Morgan fingerprint density at radius 3 is 2.60 bits per heavy atom. The van der Waals surface area contributed by atoms with Crippen molar-refractivity contribution in [2.24, 2.45) is 0 Å². The predicted octanol–water partition coefficient (Wildman–Crippen LogP) is 0.628. The number of para-hydroxylation sites is 1. The third kappa shape index (κ3) is 1.34. The quantitative estimate of drug-likeness (QED) is 0.509. The first-order valence-electron chi connectivity index (χ1n) is 3.05. The third-order valence-electron chi connectivity index (χ3n) is 1.37. The maximum atomic E-state index is 12.7. The fourth-order valence-electron chi connectivity index (χ4n) is 0.875. The topological polar surface area (TPSA) is 9.23 Å². The fraction of sp³-hybridized carbons (Fsp3) is 0.143. The van der Waals surface area contributed by atoms with Crippen LogP contribution in [0.25, 0.3) is 0 Å². The van der Waals surface area contributed by atoms with Crippen molar-refractivity contribution >= 4 is 22.0 Å². The van der Waals surface area contributed by atoms with Crippen LogP contribution in [0.15, 0.2) is 18.2 Å². The molecule has 0 saturated carbocycles. The van der Waals surface area contributed by atoms with E-state index in [9.17, 15) is 4.39 Å². The average molecular weight is 132 g/mol. The van der Waals surface area contributed by atoms with Crippen LogP contribution in [0.1, 0.15) is 0 Å². The molecule has 0 heterocycles. The van der Waals surface area contributed by atoms with E-state index in [4.69, 9.17) is 4.74 Å². The van der Waals surface area contributed by atoms with Crippen molar-refractivity contribution in [2.45, 2.75) is 0 Å². The van der Waals surface area contributed by atoms with Gasteiger partial charge in [0.1, 0.15) is 0 Å². The molecule has 0 aliphatic rings. The summed E-state index contributed by atoms with van der Waals surface area (Å²) in [6.45, 7) is 0. The van der Waals surface area contributed by atoms with Crippen molar-refractivity contribution in [3.8, 4) is 5.75 Å². The molecule has 1 aromatic rings. The van der Waals surface area contributed by atoms with E-state index >= 15 is 0 Å². The molecule has 1 aromatic carbocycles. The average Bonchev–Trinajstić information content (AvgIpc) is 1.88. The van der Waals surface area contributed by atoms with Gasteiger partial charge in [0.05, 0.1) is 0 Å². The van der Waals surface area contributed by atoms with Gasteiger partial charge in [-0.25, -0.2) is 0 Å². The van der Waals surface area contributed by atoms with E-state index in [1.165, 1.54) is 13.2 Å². The second kappa shape index (κ2) is 3.09. The molecule has 1 nitrogen and oxygen atoms in total. The molecule has 0 bridgehead atoms. The summed E-state index contributed by atoms with van der Waals surface area (Å²) >= 11 is 1.81. The van der Waals surface area contributed by atoms with Gasteiger partial charge in [0, 0.05) is 0 Å². The molecule has 0 radical (unpaired) electrons. The van der Waals surface area contributed by atoms with Crippen molar-refractivity contribution in [1.29, 1.82) is 0 Å². The standard InChI is InChI=1S/C7H6FO.Li/c1-9-7-5-3-2-4-6(7)8;/h2-4H,1H3;. The molecule has 0 N–H and O–H groups in total. The number of halogens is 1. The van der Waals surface area contributed by atoms with E-state index in [-0.39, 0.29) is 5.82 Å². The van der Waals surface area contributed by atoms with Crippen LogP contribution in [0.2, 0.25) is 0 Å². The number of rotatable bonds is 1. The summed E-state index contributed by atoms with van der Waals surface area (Å²) in [7, 11) is 1.46. The van der Waals surface area contributed by atoms with E-state index in [1.54, 1.807) is 6.07 Å². The van der Waals surface area contributed by atoms with Gasteiger partial charge in [0.15, 0.2) is 0 Å². The molecule has 0 amide bonds. The number of ether oxygens (including phenoxy) is 1. The molecule has 0 aliphatic carbocycles. The van der Waals surface area contributed by atoms with Gasteiger partial charge in [-0.15, -0.1) is 0 Å². The molecule has 48 valence electrons. The molecule has 0 fully saturated rings. The van der Waals surface area contributed by atoms with Crippen LogP contribution in [-0.4, -0.2) is 24.8 Å². The molecular weight excluding hydrogens is 126 g/mol. The van der Waals surface area contributed by atoms with Gasteiger partial charge in [0.25, 0.3) is 0 Å². The summed E-state index contributed by atoms with van der Waals surface area (Å²) < 4.78 is 18.3. The Kier molecular flexibility index (Phi) is 2.37. The normalized spacial score (nSPS) is 9.60. The number of hydrogen-bond acceptors (Lipinski definition) is 1. The molecule has 3 heteroatoms. The molecular formula is C7H6FLiO. The maximum absolute atomic E-state index is 12.7. The Hall–Kier alpha value is -0.453. The molecule has 1 rings (SSSR count). The second-order valence-corrected chi connectivity index (χ2v) is 2.09. The SMILES string of the molecule is [Li][c]1cccc(F)c1OC. The van der Waals surface area contributed by atoms with Crippen molar-refractivity contribution in [2.75, 3.05) is 7.11 Å². The minimum atomic E-state index is -0.303. The molecule has 0 saturated heterocycles. The molecule has 0 aliphatic heterocycles. The molecule has 0 aromatic heterocycles. The van der Waals surface area contributed by atoms with Gasteiger partial charge < -0.3 is 0 Å². The Morgan fingerprint density at radius 2 is 2.20 bits per heavy atom. The summed E-state index contributed by atoms with van der Waals surface area (Å²) in [5.41, 5.74) is 0. The van der Waals surface area contributed by atoms with Crippen molar-refractivity contribution in [3.63, 3.8) is 0 Å². The van der Waals surface area contributed by atoms with Crippen LogP contribution in [0.5, 0.6) is 5.75 Å². The fourth-order valence-corrected chi connectivity index (χ4v) is 0.875. The van der Waals surface area contributed by atoms with Crippen LogP contribution in [-0.2, 0) is 0 Å². The Morgan fingerprint density at radius 1 is 1.50 bits per heavy atom. The van der Waals surface area contributed by atoms with Gasteiger partial charge in [-0.05, 0) is 0 Å². The molecule has 10 heavy (non-hydrogen) atoms. The summed E-state index contributed by atoms with van der Waals surface area (Å²) in [5, 5.41) is 0. The summed E-state index contributed by atoms with van der Waals surface area (Å²) in [5.74, 6) is 0.0324. The van der Waals surface area contributed by atoms with Gasteiger partial charge in [-0.1, -0.05) is 0 Å². The number of methoxy groups -OCH3 is 1. The molecule has 0 spiro atoms. The van der Waals surface area contributed by atoms with Crippen molar-refractivity contribution < 1.29 is 9.13 Å². The first-order chi connectivity index (χ1) is 4.75. The van der Waals surface area contributed by atoms with Crippen LogP contribution >= 0.6 is 0 Å². The van der Waals surface area contributed by atoms with E-state index in [2.05, 4.69) is 0 Å². The number of hydrogen-bond donors (Lipinski definition) is 0.